The fourth-order valence-electron chi connectivity index (χ4n) is 3.58. The quantitative estimate of drug-likeness (QED) is 0.444. The number of carbonyl (C=O) groups excluding carboxylic acids is 1. The molecule has 0 radical (unpaired) electrons. The maximum atomic E-state index is 14.4. The predicted octanol–water partition coefficient (Wildman–Crippen LogP) is 3.91. The molecule has 4 rings (SSSR count). The van der Waals surface area contributed by atoms with E-state index in [-0.39, 0.29) is 28.5 Å². The zero-order valence-electron chi connectivity index (χ0n) is 20.7. The van der Waals surface area contributed by atoms with Crippen LogP contribution in [-0.2, 0) is 14.8 Å². The fraction of sp³-hybridized carbons (Fsp3) is 0.346. The van der Waals surface area contributed by atoms with Crippen LogP contribution in [0.3, 0.4) is 0 Å². The summed E-state index contributed by atoms with van der Waals surface area (Å²) >= 11 is 0. The van der Waals surface area contributed by atoms with Crippen molar-refractivity contribution >= 4 is 15.9 Å². The Morgan fingerprint density at radius 1 is 1.19 bits per heavy atom. The number of nitrogens with zero attached hydrogens (tertiary/aromatic N) is 2. The van der Waals surface area contributed by atoms with E-state index in [9.17, 15) is 17.6 Å². The molecule has 1 N–H and O–H groups in total. The molecule has 2 aromatic heterocycles. The molecular formula is C26H28FN3O6S. The van der Waals surface area contributed by atoms with Crippen LogP contribution in [0.15, 0.2) is 53.6 Å². The minimum atomic E-state index is -4.25. The molecule has 1 aromatic carbocycles. The first-order chi connectivity index (χ1) is 17.6. The lowest BCUT2D eigenvalue weighted by molar-refractivity contribution is 0.0968. The number of aryl methyl sites for hydroxylation is 1. The molecule has 37 heavy (non-hydrogen) atoms. The average Bonchev–Trinajstić information content (AvgIpc) is 3.35. The standard InChI is InChI=1S/C26H28FN3O6S/c1-16(2)14-35-21-12-18(11-19(27)13-21)23-8-7-22(26(29-23)36-20-9-10-34-15-20)25(31)30-37(32,33)24-6-4-5-17(3)28-24/h4-8,11-13,16,20H,9-10,14-15H2,1-3H3,(H,30,31)/t20-/m1/s1. The van der Waals surface area contributed by atoms with E-state index in [4.69, 9.17) is 14.2 Å². The lowest BCUT2D eigenvalue weighted by Gasteiger charge is -2.16. The van der Waals surface area contributed by atoms with Crippen LogP contribution in [0.2, 0.25) is 0 Å². The van der Waals surface area contributed by atoms with Crippen LogP contribution in [0.5, 0.6) is 11.6 Å². The summed E-state index contributed by atoms with van der Waals surface area (Å²) in [4.78, 5) is 21.5. The Labute approximate surface area is 215 Å². The topological polar surface area (TPSA) is 117 Å². The summed E-state index contributed by atoms with van der Waals surface area (Å²) in [6, 6.07) is 11.6. The normalized spacial score (nSPS) is 15.5. The largest absolute Gasteiger partial charge is 0.493 e. The minimum Gasteiger partial charge on any atom is -0.493 e. The van der Waals surface area contributed by atoms with Gasteiger partial charge in [0.05, 0.1) is 25.5 Å². The van der Waals surface area contributed by atoms with Crippen molar-refractivity contribution in [2.75, 3.05) is 19.8 Å². The summed E-state index contributed by atoms with van der Waals surface area (Å²) in [6.07, 6.45) is 0.202. The molecule has 3 heterocycles. The molecule has 0 bridgehead atoms. The Bertz CT molecular complexity index is 1390. The molecule has 0 spiro atoms. The predicted molar refractivity (Wildman–Crippen MR) is 133 cm³/mol. The van der Waals surface area contributed by atoms with Crippen LogP contribution in [0, 0.1) is 18.7 Å². The van der Waals surface area contributed by atoms with E-state index in [0.717, 1.165) is 0 Å². The third-order valence-electron chi connectivity index (χ3n) is 5.39. The zero-order valence-corrected chi connectivity index (χ0v) is 21.5. The number of hydrogen-bond acceptors (Lipinski definition) is 8. The Kier molecular flexibility index (Phi) is 8.03. The van der Waals surface area contributed by atoms with E-state index in [1.165, 1.54) is 36.4 Å². The molecule has 1 amide bonds. The average molecular weight is 530 g/mol. The number of halogens is 1. The molecule has 0 saturated carbocycles. The van der Waals surface area contributed by atoms with Crippen molar-refractivity contribution in [3.8, 4) is 22.9 Å². The number of ether oxygens (including phenoxy) is 3. The van der Waals surface area contributed by atoms with E-state index in [1.807, 2.05) is 18.6 Å². The van der Waals surface area contributed by atoms with Gasteiger partial charge in [0, 0.05) is 23.7 Å². The molecule has 1 aliphatic heterocycles. The van der Waals surface area contributed by atoms with Gasteiger partial charge < -0.3 is 14.2 Å². The number of carbonyl (C=O) groups is 1. The molecule has 0 aliphatic carbocycles. The molecule has 9 nitrogen and oxygen atoms in total. The molecule has 1 fully saturated rings. The van der Waals surface area contributed by atoms with Gasteiger partial charge >= 0.3 is 0 Å². The second-order valence-corrected chi connectivity index (χ2v) is 10.7. The van der Waals surface area contributed by atoms with Crippen LogP contribution in [0.1, 0.15) is 36.3 Å². The number of amides is 1. The van der Waals surface area contributed by atoms with Crippen molar-refractivity contribution < 1.29 is 31.8 Å². The summed E-state index contributed by atoms with van der Waals surface area (Å²) in [7, 11) is -4.25. The summed E-state index contributed by atoms with van der Waals surface area (Å²) in [5.41, 5.74) is 1.12. The summed E-state index contributed by atoms with van der Waals surface area (Å²) in [6.45, 7) is 6.81. The summed E-state index contributed by atoms with van der Waals surface area (Å²) < 4.78 is 58.9. The molecule has 1 saturated heterocycles. The number of aromatic nitrogens is 2. The van der Waals surface area contributed by atoms with E-state index in [1.54, 1.807) is 19.1 Å². The van der Waals surface area contributed by atoms with E-state index >= 15 is 0 Å². The van der Waals surface area contributed by atoms with Crippen molar-refractivity contribution in [1.29, 1.82) is 0 Å². The Balaban J connectivity index is 1.67. The second-order valence-electron chi connectivity index (χ2n) is 9.08. The maximum Gasteiger partial charge on any atom is 0.281 e. The number of pyridine rings is 2. The van der Waals surface area contributed by atoms with Crippen molar-refractivity contribution in [2.45, 2.75) is 38.3 Å². The molecule has 0 unspecified atom stereocenters. The maximum absolute atomic E-state index is 14.4. The van der Waals surface area contributed by atoms with Crippen molar-refractivity contribution in [2.24, 2.45) is 5.92 Å². The van der Waals surface area contributed by atoms with Gasteiger partial charge in [0.1, 0.15) is 23.2 Å². The summed E-state index contributed by atoms with van der Waals surface area (Å²) in [5, 5.41) is -0.286. The first-order valence-electron chi connectivity index (χ1n) is 11.8. The van der Waals surface area contributed by atoms with Crippen molar-refractivity contribution in [3.05, 3.63) is 65.6 Å². The van der Waals surface area contributed by atoms with Crippen LogP contribution >= 0.6 is 0 Å². The zero-order chi connectivity index (χ0) is 26.6. The van der Waals surface area contributed by atoms with Crippen LogP contribution in [0.4, 0.5) is 4.39 Å². The van der Waals surface area contributed by atoms with E-state index in [0.29, 0.717) is 48.9 Å². The van der Waals surface area contributed by atoms with Gasteiger partial charge in [-0.25, -0.2) is 19.1 Å². The highest BCUT2D eigenvalue weighted by Gasteiger charge is 2.26. The van der Waals surface area contributed by atoms with E-state index < -0.39 is 21.7 Å². The minimum absolute atomic E-state index is 0.0909. The second kappa shape index (κ2) is 11.2. The number of rotatable bonds is 9. The first-order valence-corrected chi connectivity index (χ1v) is 13.3. The SMILES string of the molecule is Cc1cccc(S(=O)(=O)NC(=O)c2ccc(-c3cc(F)cc(OCC(C)C)c3)nc2O[C@@H]2CCOC2)n1. The lowest BCUT2D eigenvalue weighted by atomic mass is 10.1. The van der Waals surface area contributed by atoms with Gasteiger partial charge in [0.2, 0.25) is 5.88 Å². The number of sulfonamides is 1. The number of hydrogen-bond donors (Lipinski definition) is 1. The molecule has 1 aliphatic rings. The molecule has 11 heteroatoms. The number of benzene rings is 1. The summed E-state index contributed by atoms with van der Waals surface area (Å²) in [5.74, 6) is -0.940. The van der Waals surface area contributed by atoms with E-state index in [2.05, 4.69) is 9.97 Å². The van der Waals surface area contributed by atoms with Gasteiger partial charge in [-0.1, -0.05) is 19.9 Å². The molecule has 3 aromatic rings. The van der Waals surface area contributed by atoms with Gasteiger partial charge in [-0.3, -0.25) is 4.79 Å². The molecular weight excluding hydrogens is 501 g/mol. The first kappa shape index (κ1) is 26.5. The van der Waals surface area contributed by atoms with Gasteiger partial charge in [-0.05, 0) is 49.2 Å². The third kappa shape index (κ3) is 6.80. The lowest BCUT2D eigenvalue weighted by Crippen LogP contribution is -2.32. The van der Waals surface area contributed by atoms with Crippen molar-refractivity contribution in [3.63, 3.8) is 0 Å². The highest BCUT2D eigenvalue weighted by molar-refractivity contribution is 7.90. The molecule has 196 valence electrons. The highest BCUT2D eigenvalue weighted by atomic mass is 32.2. The van der Waals surface area contributed by atoms with Crippen LogP contribution < -0.4 is 14.2 Å². The Morgan fingerprint density at radius 2 is 2.00 bits per heavy atom. The third-order valence-corrected chi connectivity index (χ3v) is 6.62. The van der Waals surface area contributed by atoms with Crippen molar-refractivity contribution in [1.82, 2.24) is 14.7 Å². The highest BCUT2D eigenvalue weighted by Crippen LogP contribution is 2.29. The monoisotopic (exact) mass is 529 g/mol. The van der Waals surface area contributed by atoms with Crippen LogP contribution in [-0.4, -0.2) is 50.2 Å². The Morgan fingerprint density at radius 3 is 2.70 bits per heavy atom. The smallest absolute Gasteiger partial charge is 0.281 e. The fourth-order valence-corrected chi connectivity index (χ4v) is 4.56. The van der Waals surface area contributed by atoms with Gasteiger partial charge in [-0.15, -0.1) is 0 Å². The van der Waals surface area contributed by atoms with Gasteiger partial charge in [0.15, 0.2) is 5.03 Å². The van der Waals surface area contributed by atoms with Gasteiger partial charge in [-0.2, -0.15) is 8.42 Å². The van der Waals surface area contributed by atoms with Gasteiger partial charge in [0.25, 0.3) is 15.9 Å². The number of nitrogens with one attached hydrogen (secondary N) is 1. The van der Waals surface area contributed by atoms with Crippen LogP contribution in [0.25, 0.3) is 11.3 Å². The Hall–Kier alpha value is -3.57. The molecule has 1 atom stereocenters.